The Morgan fingerprint density at radius 2 is 1.90 bits per heavy atom. The molecule has 2 aromatic rings. The number of hydrogen-bond acceptors (Lipinski definition) is 6. The van der Waals surface area contributed by atoms with Crippen molar-refractivity contribution in [3.8, 4) is 11.5 Å². The van der Waals surface area contributed by atoms with E-state index in [4.69, 9.17) is 0 Å². The summed E-state index contributed by atoms with van der Waals surface area (Å²) in [7, 11) is -2.75. The van der Waals surface area contributed by atoms with E-state index in [0.29, 0.717) is 12.3 Å². The standard InChI is InChI=1S/C17H16F6N4O2S2/c1-5-31(28,29)13-6-11(16(18,19)20)7-25-14(13)15-26-9(2)12(27(15)4)8-24-10(3)30-17(21,22)23/h6-8H,2,5H2,1,3-4H3/b12-8+,24-10+. The molecule has 2 aromatic heterocycles. The highest BCUT2D eigenvalue weighted by Gasteiger charge is 2.34. The topological polar surface area (TPSA) is 77.2 Å². The van der Waals surface area contributed by atoms with Gasteiger partial charge in [0.05, 0.1) is 38.2 Å². The predicted molar refractivity (Wildman–Crippen MR) is 105 cm³/mol. The van der Waals surface area contributed by atoms with E-state index >= 15 is 0 Å². The second kappa shape index (κ2) is 8.65. The first-order chi connectivity index (χ1) is 14.1. The van der Waals surface area contributed by atoms with Crippen molar-refractivity contribution in [2.24, 2.45) is 12.0 Å². The minimum Gasteiger partial charge on any atom is -0.325 e. The quantitative estimate of drug-likeness (QED) is 0.377. The van der Waals surface area contributed by atoms with Gasteiger partial charge < -0.3 is 4.57 Å². The first kappa shape index (κ1) is 24.9. The monoisotopic (exact) mass is 486 g/mol. The van der Waals surface area contributed by atoms with Crippen molar-refractivity contribution >= 4 is 39.4 Å². The molecule has 31 heavy (non-hydrogen) atoms. The molecule has 170 valence electrons. The third-order valence-corrected chi connectivity index (χ3v) is 6.33. The molecule has 0 atom stereocenters. The van der Waals surface area contributed by atoms with Gasteiger partial charge in [0.1, 0.15) is 5.69 Å². The number of rotatable bonds is 4. The molecule has 0 aliphatic heterocycles. The SMILES string of the molecule is C=c1nc(-c2ncc(C(F)(F)F)cc2S(=O)(=O)CC)n(C)/c1=C/N=C(\C)SC(F)(F)F. The van der Waals surface area contributed by atoms with Gasteiger partial charge in [-0.2, -0.15) is 26.3 Å². The molecule has 2 rings (SSSR count). The van der Waals surface area contributed by atoms with Crippen LogP contribution in [0, 0.1) is 0 Å². The Labute approximate surface area is 177 Å². The maximum Gasteiger partial charge on any atom is 0.447 e. The summed E-state index contributed by atoms with van der Waals surface area (Å²) in [5.74, 6) is -0.616. The minimum atomic E-state index is -4.82. The van der Waals surface area contributed by atoms with Crippen LogP contribution >= 0.6 is 11.8 Å². The lowest BCUT2D eigenvalue weighted by Gasteiger charge is -2.12. The van der Waals surface area contributed by atoms with E-state index < -0.39 is 49.5 Å². The van der Waals surface area contributed by atoms with Gasteiger partial charge in [-0.15, -0.1) is 0 Å². The van der Waals surface area contributed by atoms with Crippen molar-refractivity contribution < 1.29 is 34.8 Å². The molecule has 6 nitrogen and oxygen atoms in total. The molecule has 0 aromatic carbocycles. The third-order valence-electron chi connectivity index (χ3n) is 3.95. The number of halogens is 6. The van der Waals surface area contributed by atoms with Gasteiger partial charge in [0, 0.05) is 25.0 Å². The number of alkyl halides is 6. The largest absolute Gasteiger partial charge is 0.447 e. The summed E-state index contributed by atoms with van der Waals surface area (Å²) in [5, 5.41) is -0.178. The molecular formula is C17H16F6N4O2S2. The minimum absolute atomic E-state index is 0.0209. The summed E-state index contributed by atoms with van der Waals surface area (Å²) < 4.78 is 103. The first-order valence-corrected chi connectivity index (χ1v) is 10.9. The molecule has 0 saturated heterocycles. The van der Waals surface area contributed by atoms with E-state index in [1.807, 2.05) is 0 Å². The van der Waals surface area contributed by atoms with Crippen LogP contribution in [0.15, 0.2) is 22.2 Å². The zero-order valence-electron chi connectivity index (χ0n) is 16.3. The number of nitrogens with zero attached hydrogens (tertiary/aromatic N) is 4. The van der Waals surface area contributed by atoms with E-state index in [1.54, 1.807) is 0 Å². The molecule has 0 spiro atoms. The normalized spacial score (nSPS) is 14.4. The van der Waals surface area contributed by atoms with Crippen LogP contribution in [0.5, 0.6) is 0 Å². The van der Waals surface area contributed by atoms with Gasteiger partial charge in [-0.1, -0.05) is 13.5 Å². The van der Waals surface area contributed by atoms with E-state index in [9.17, 15) is 34.8 Å². The Morgan fingerprint density at radius 3 is 2.42 bits per heavy atom. The Kier molecular flexibility index (Phi) is 6.95. The lowest BCUT2D eigenvalue weighted by molar-refractivity contribution is -0.138. The van der Waals surface area contributed by atoms with Gasteiger partial charge in [-0.05, 0) is 13.0 Å². The molecule has 2 heterocycles. The smallest absolute Gasteiger partial charge is 0.325 e. The molecule has 0 fully saturated rings. The van der Waals surface area contributed by atoms with Gasteiger partial charge in [0.2, 0.25) is 0 Å². The third kappa shape index (κ3) is 5.87. The maximum atomic E-state index is 13.1. The first-order valence-electron chi connectivity index (χ1n) is 8.39. The van der Waals surface area contributed by atoms with Gasteiger partial charge >= 0.3 is 11.7 Å². The highest BCUT2D eigenvalue weighted by Crippen LogP contribution is 2.33. The molecule has 0 bridgehead atoms. The second-order valence-corrected chi connectivity index (χ2v) is 9.63. The lowest BCUT2D eigenvalue weighted by Crippen LogP contribution is -2.27. The zero-order valence-corrected chi connectivity index (χ0v) is 18.0. The number of pyridine rings is 1. The Balaban J connectivity index is 2.71. The molecule has 0 unspecified atom stereocenters. The van der Waals surface area contributed by atoms with Gasteiger partial charge in [-0.25, -0.2) is 13.4 Å². The van der Waals surface area contributed by atoms with Crippen LogP contribution in [0.25, 0.3) is 24.3 Å². The van der Waals surface area contributed by atoms with Gasteiger partial charge in [0.25, 0.3) is 0 Å². The van der Waals surface area contributed by atoms with Gasteiger partial charge in [0.15, 0.2) is 15.7 Å². The van der Waals surface area contributed by atoms with E-state index in [0.717, 1.165) is 13.1 Å². The molecule has 0 saturated carbocycles. The van der Waals surface area contributed by atoms with Crippen molar-refractivity contribution in [2.45, 2.75) is 30.4 Å². The number of sulfone groups is 1. The van der Waals surface area contributed by atoms with Crippen molar-refractivity contribution in [3.63, 3.8) is 0 Å². The fourth-order valence-electron chi connectivity index (χ4n) is 2.45. The molecule has 0 N–H and O–H groups in total. The Bertz CT molecular complexity index is 1230. The molecule has 0 aliphatic rings. The predicted octanol–water partition coefficient (Wildman–Crippen LogP) is 3.11. The number of aliphatic imine (C=N–C) groups is 1. The number of imidazole rings is 1. The van der Waals surface area contributed by atoms with Crippen LogP contribution in [0.3, 0.4) is 0 Å². The molecular weight excluding hydrogens is 470 g/mol. The van der Waals surface area contributed by atoms with Crippen molar-refractivity contribution in [1.82, 2.24) is 14.5 Å². The summed E-state index contributed by atoms with van der Waals surface area (Å²) in [5.41, 5.74) is -6.12. The van der Waals surface area contributed by atoms with Crippen LogP contribution in [0.2, 0.25) is 0 Å². The highest BCUT2D eigenvalue weighted by atomic mass is 32.2. The summed E-state index contributed by atoms with van der Waals surface area (Å²) in [6, 6.07) is 0.476. The van der Waals surface area contributed by atoms with Crippen LogP contribution in [0.4, 0.5) is 26.3 Å². The van der Waals surface area contributed by atoms with Crippen molar-refractivity contribution in [2.75, 3.05) is 5.75 Å². The summed E-state index contributed by atoms with van der Waals surface area (Å²) >= 11 is -0.426. The van der Waals surface area contributed by atoms with Crippen molar-refractivity contribution in [3.05, 3.63) is 28.5 Å². The summed E-state index contributed by atoms with van der Waals surface area (Å²) in [6.45, 7) is 6.03. The Hall–Kier alpha value is -2.35. The van der Waals surface area contributed by atoms with Crippen LogP contribution in [0.1, 0.15) is 19.4 Å². The summed E-state index contributed by atoms with van der Waals surface area (Å²) in [4.78, 5) is 10.7. The van der Waals surface area contributed by atoms with Crippen LogP contribution in [-0.4, -0.2) is 39.3 Å². The average Bonchev–Trinajstić information content (AvgIpc) is 2.91. The number of aromatic nitrogens is 3. The molecule has 14 heteroatoms. The van der Waals surface area contributed by atoms with Crippen LogP contribution in [-0.2, 0) is 23.1 Å². The fraction of sp³-hybridized carbons (Fsp3) is 0.353. The summed E-state index contributed by atoms with van der Waals surface area (Å²) in [6.07, 6.45) is -3.29. The van der Waals surface area contributed by atoms with Crippen molar-refractivity contribution in [1.29, 1.82) is 0 Å². The molecule has 0 amide bonds. The fourth-order valence-corrected chi connectivity index (χ4v) is 3.94. The number of thioether (sulfide) groups is 1. The second-order valence-electron chi connectivity index (χ2n) is 6.12. The number of hydrogen-bond donors (Lipinski definition) is 0. The van der Waals surface area contributed by atoms with E-state index in [-0.39, 0.29) is 27.3 Å². The van der Waals surface area contributed by atoms with Gasteiger partial charge in [-0.3, -0.25) is 9.98 Å². The zero-order chi connectivity index (χ0) is 23.8. The van der Waals surface area contributed by atoms with Crippen LogP contribution < -0.4 is 10.7 Å². The average molecular weight is 486 g/mol. The van der Waals surface area contributed by atoms with E-state index in [2.05, 4.69) is 21.5 Å². The lowest BCUT2D eigenvalue weighted by atomic mass is 10.2. The molecule has 0 aliphatic carbocycles. The Morgan fingerprint density at radius 1 is 1.29 bits per heavy atom. The van der Waals surface area contributed by atoms with E-state index in [1.165, 1.54) is 18.5 Å². The molecule has 0 radical (unpaired) electrons. The maximum absolute atomic E-state index is 13.1. The highest BCUT2D eigenvalue weighted by molar-refractivity contribution is 8.14.